The number of carbonyl (C=O) groups is 2. The molecule has 0 atom stereocenters. The zero-order chi connectivity index (χ0) is 8.59. The molecule has 0 aliphatic carbocycles. The highest BCUT2D eigenvalue weighted by atomic mass is 16.2. The van der Waals surface area contributed by atoms with Crippen molar-refractivity contribution < 1.29 is 9.59 Å². The smallest absolute Gasteiger partial charge is 0.256 e. The van der Waals surface area contributed by atoms with E-state index in [1.165, 1.54) is 11.0 Å². The van der Waals surface area contributed by atoms with Crippen LogP contribution in [-0.4, -0.2) is 22.8 Å². The molecule has 0 spiro atoms. The Bertz CT molecular complexity index is 240. The van der Waals surface area contributed by atoms with Gasteiger partial charge in [0.15, 0.2) is 0 Å². The van der Waals surface area contributed by atoms with Crippen molar-refractivity contribution in [2.24, 2.45) is 0 Å². The summed E-state index contributed by atoms with van der Waals surface area (Å²) in [6, 6.07) is -0.0382. The standard InChI is InChI=1S/C8H11NO2/c1-5(2)9-7(10)4-6(3)8(9)11/h4-5H,1-3H3. The minimum Gasteiger partial charge on any atom is -0.273 e. The van der Waals surface area contributed by atoms with E-state index in [1.54, 1.807) is 6.92 Å². The van der Waals surface area contributed by atoms with E-state index in [0.717, 1.165) is 0 Å². The highest BCUT2D eigenvalue weighted by molar-refractivity contribution is 6.16. The molecule has 0 saturated heterocycles. The summed E-state index contributed by atoms with van der Waals surface area (Å²) in [7, 11) is 0. The maximum absolute atomic E-state index is 11.2. The summed E-state index contributed by atoms with van der Waals surface area (Å²) in [5.41, 5.74) is 0.531. The summed E-state index contributed by atoms with van der Waals surface area (Å²) >= 11 is 0. The van der Waals surface area contributed by atoms with Gasteiger partial charge in [-0.15, -0.1) is 0 Å². The van der Waals surface area contributed by atoms with E-state index in [9.17, 15) is 9.59 Å². The molecule has 1 aliphatic rings. The predicted molar refractivity (Wildman–Crippen MR) is 40.7 cm³/mol. The van der Waals surface area contributed by atoms with Gasteiger partial charge in [-0.05, 0) is 20.8 Å². The van der Waals surface area contributed by atoms with Gasteiger partial charge in [0, 0.05) is 17.7 Å². The minimum atomic E-state index is -0.192. The van der Waals surface area contributed by atoms with Crippen LogP contribution in [0.5, 0.6) is 0 Å². The molecule has 0 bridgehead atoms. The molecule has 1 rings (SSSR count). The number of hydrogen-bond acceptors (Lipinski definition) is 2. The van der Waals surface area contributed by atoms with Crippen LogP contribution in [0.4, 0.5) is 0 Å². The van der Waals surface area contributed by atoms with Crippen LogP contribution in [0.15, 0.2) is 11.6 Å². The summed E-state index contributed by atoms with van der Waals surface area (Å²) in [5, 5.41) is 0. The molecule has 0 fully saturated rings. The fraction of sp³-hybridized carbons (Fsp3) is 0.500. The largest absolute Gasteiger partial charge is 0.273 e. The Labute approximate surface area is 65.7 Å². The van der Waals surface area contributed by atoms with Crippen molar-refractivity contribution in [1.82, 2.24) is 4.90 Å². The van der Waals surface area contributed by atoms with Gasteiger partial charge in [0.2, 0.25) is 0 Å². The van der Waals surface area contributed by atoms with Gasteiger partial charge in [-0.1, -0.05) is 0 Å². The van der Waals surface area contributed by atoms with Crippen LogP contribution in [0.25, 0.3) is 0 Å². The number of nitrogens with zero attached hydrogens (tertiary/aromatic N) is 1. The van der Waals surface area contributed by atoms with Crippen LogP contribution in [0.3, 0.4) is 0 Å². The Morgan fingerprint density at radius 3 is 2.09 bits per heavy atom. The van der Waals surface area contributed by atoms with Crippen LogP contribution < -0.4 is 0 Å². The quantitative estimate of drug-likeness (QED) is 0.520. The second-order valence-electron chi connectivity index (χ2n) is 2.93. The number of amides is 2. The molecule has 60 valence electrons. The summed E-state index contributed by atoms with van der Waals surface area (Å²) < 4.78 is 0. The lowest BCUT2D eigenvalue weighted by Crippen LogP contribution is -2.36. The highest BCUT2D eigenvalue weighted by Crippen LogP contribution is 2.14. The Kier molecular flexibility index (Phi) is 1.81. The lowest BCUT2D eigenvalue weighted by molar-refractivity contribution is -0.139. The third kappa shape index (κ3) is 1.18. The summed E-state index contributed by atoms with van der Waals surface area (Å²) in [4.78, 5) is 23.5. The first-order valence-electron chi connectivity index (χ1n) is 3.60. The van der Waals surface area contributed by atoms with Crippen LogP contribution in [-0.2, 0) is 9.59 Å². The minimum absolute atomic E-state index is 0.0382. The number of rotatable bonds is 1. The van der Waals surface area contributed by atoms with Gasteiger partial charge in [0.05, 0.1) is 0 Å². The van der Waals surface area contributed by atoms with E-state index in [2.05, 4.69) is 0 Å². The lowest BCUT2D eigenvalue weighted by atomic mass is 10.3. The first-order chi connectivity index (χ1) is 5.04. The maximum atomic E-state index is 11.2. The third-order valence-electron chi connectivity index (χ3n) is 1.65. The molecule has 0 radical (unpaired) electrons. The van der Waals surface area contributed by atoms with Crippen molar-refractivity contribution in [3.05, 3.63) is 11.6 Å². The second-order valence-corrected chi connectivity index (χ2v) is 2.93. The number of imide groups is 1. The van der Waals surface area contributed by atoms with Crippen molar-refractivity contribution in [3.63, 3.8) is 0 Å². The van der Waals surface area contributed by atoms with Crippen LogP contribution in [0.2, 0.25) is 0 Å². The van der Waals surface area contributed by atoms with Gasteiger partial charge in [-0.2, -0.15) is 0 Å². The topological polar surface area (TPSA) is 37.4 Å². The Hall–Kier alpha value is -1.12. The van der Waals surface area contributed by atoms with Crippen molar-refractivity contribution in [1.29, 1.82) is 0 Å². The zero-order valence-corrected chi connectivity index (χ0v) is 6.92. The maximum Gasteiger partial charge on any atom is 0.256 e. The fourth-order valence-electron chi connectivity index (χ4n) is 1.10. The average molecular weight is 153 g/mol. The molecular formula is C8H11NO2. The number of carbonyl (C=O) groups excluding carboxylic acids is 2. The molecule has 0 aromatic carbocycles. The molecule has 0 unspecified atom stereocenters. The molecule has 0 N–H and O–H groups in total. The molecule has 3 nitrogen and oxygen atoms in total. The Balaban J connectivity index is 2.90. The Morgan fingerprint density at radius 1 is 1.36 bits per heavy atom. The second kappa shape index (κ2) is 2.49. The Morgan fingerprint density at radius 2 is 1.91 bits per heavy atom. The molecule has 11 heavy (non-hydrogen) atoms. The van der Waals surface area contributed by atoms with Crippen molar-refractivity contribution in [3.8, 4) is 0 Å². The van der Waals surface area contributed by atoms with Crippen LogP contribution in [0, 0.1) is 0 Å². The summed E-state index contributed by atoms with van der Waals surface area (Å²) in [5.74, 6) is -0.354. The summed E-state index contributed by atoms with van der Waals surface area (Å²) in [6.07, 6.45) is 1.38. The molecule has 3 heteroatoms. The van der Waals surface area contributed by atoms with Crippen molar-refractivity contribution in [2.45, 2.75) is 26.8 Å². The average Bonchev–Trinajstić information content (AvgIpc) is 2.07. The van der Waals surface area contributed by atoms with E-state index >= 15 is 0 Å². The van der Waals surface area contributed by atoms with Gasteiger partial charge in [-0.3, -0.25) is 14.5 Å². The predicted octanol–water partition coefficient (Wildman–Crippen LogP) is 0.710. The van der Waals surface area contributed by atoms with Crippen molar-refractivity contribution >= 4 is 11.8 Å². The molecule has 0 saturated carbocycles. The van der Waals surface area contributed by atoms with E-state index in [-0.39, 0.29) is 17.9 Å². The number of hydrogen-bond donors (Lipinski definition) is 0. The van der Waals surface area contributed by atoms with E-state index < -0.39 is 0 Å². The molecule has 0 aromatic heterocycles. The van der Waals surface area contributed by atoms with Gasteiger partial charge in [-0.25, -0.2) is 0 Å². The van der Waals surface area contributed by atoms with Gasteiger partial charge in [0.1, 0.15) is 0 Å². The fourth-order valence-corrected chi connectivity index (χ4v) is 1.10. The van der Waals surface area contributed by atoms with Crippen LogP contribution >= 0.6 is 0 Å². The first kappa shape index (κ1) is 7.98. The zero-order valence-electron chi connectivity index (χ0n) is 6.92. The molecular weight excluding hydrogens is 142 g/mol. The van der Waals surface area contributed by atoms with E-state index in [4.69, 9.17) is 0 Å². The van der Waals surface area contributed by atoms with Gasteiger partial charge in [0.25, 0.3) is 11.8 Å². The molecule has 0 aromatic rings. The molecule has 1 aliphatic heterocycles. The molecule has 1 heterocycles. The molecule has 2 amide bonds. The third-order valence-corrected chi connectivity index (χ3v) is 1.65. The van der Waals surface area contributed by atoms with Gasteiger partial charge >= 0.3 is 0 Å². The first-order valence-corrected chi connectivity index (χ1v) is 3.60. The highest BCUT2D eigenvalue weighted by Gasteiger charge is 2.29. The monoisotopic (exact) mass is 153 g/mol. The normalized spacial score (nSPS) is 18.2. The van der Waals surface area contributed by atoms with E-state index in [1.807, 2.05) is 13.8 Å². The van der Waals surface area contributed by atoms with Gasteiger partial charge < -0.3 is 0 Å². The summed E-state index contributed by atoms with van der Waals surface area (Å²) in [6.45, 7) is 5.30. The van der Waals surface area contributed by atoms with E-state index in [0.29, 0.717) is 5.57 Å². The SMILES string of the molecule is CC1=CC(=O)N(C(C)C)C1=O. The lowest BCUT2D eigenvalue weighted by Gasteiger charge is -2.18. The van der Waals surface area contributed by atoms with Crippen LogP contribution in [0.1, 0.15) is 20.8 Å². The van der Waals surface area contributed by atoms with Crippen molar-refractivity contribution in [2.75, 3.05) is 0 Å².